The maximum atomic E-state index is 9.37. The summed E-state index contributed by atoms with van der Waals surface area (Å²) in [5.41, 5.74) is 2.37. The van der Waals surface area contributed by atoms with Crippen molar-refractivity contribution < 1.29 is 9.47 Å². The molecule has 0 bridgehead atoms. The first-order chi connectivity index (χ1) is 10.2. The Morgan fingerprint density at radius 2 is 2.14 bits per heavy atom. The predicted octanol–water partition coefficient (Wildman–Crippen LogP) is 1.45. The Balaban J connectivity index is 1.99. The van der Waals surface area contributed by atoms with Crippen LogP contribution in [0.3, 0.4) is 0 Å². The summed E-state index contributed by atoms with van der Waals surface area (Å²) in [5.74, 6) is 1.18. The molecule has 1 aromatic heterocycles. The molecule has 0 N–H and O–H groups in total. The molecule has 1 saturated heterocycles. The number of ether oxygens (including phenoxy) is 2. The normalized spacial score (nSPS) is 18.0. The van der Waals surface area contributed by atoms with Crippen molar-refractivity contribution in [2.24, 2.45) is 5.92 Å². The van der Waals surface area contributed by atoms with Gasteiger partial charge < -0.3 is 14.4 Å². The van der Waals surface area contributed by atoms with Crippen LogP contribution < -0.4 is 4.90 Å². The molecule has 1 unspecified atom stereocenters. The molecule has 6 heteroatoms. The van der Waals surface area contributed by atoms with Crippen LogP contribution in [0.4, 0.5) is 5.82 Å². The van der Waals surface area contributed by atoms with E-state index >= 15 is 0 Å². The molecule has 1 aliphatic heterocycles. The minimum Gasteiger partial charge on any atom is -0.382 e. The Morgan fingerprint density at radius 3 is 2.86 bits per heavy atom. The van der Waals surface area contributed by atoms with Crippen LogP contribution in [0.1, 0.15) is 23.2 Å². The van der Waals surface area contributed by atoms with Gasteiger partial charge in [0.05, 0.1) is 25.5 Å². The third-order valence-electron chi connectivity index (χ3n) is 3.92. The average Bonchev–Trinajstić information content (AvgIpc) is 2.95. The highest BCUT2D eigenvalue weighted by molar-refractivity contribution is 5.57. The van der Waals surface area contributed by atoms with Crippen molar-refractivity contribution in [3.8, 4) is 6.07 Å². The minimum atomic E-state index is 0.469. The van der Waals surface area contributed by atoms with Crippen LogP contribution in [-0.4, -0.2) is 50.2 Å². The van der Waals surface area contributed by atoms with Gasteiger partial charge in [-0.1, -0.05) is 0 Å². The summed E-state index contributed by atoms with van der Waals surface area (Å²) >= 11 is 0. The second kappa shape index (κ2) is 7.34. The number of anilines is 1. The van der Waals surface area contributed by atoms with E-state index in [4.69, 9.17) is 9.47 Å². The molecule has 6 nitrogen and oxygen atoms in total. The Hall–Kier alpha value is -1.71. The number of rotatable bonds is 6. The molecular weight excluding hydrogens is 268 g/mol. The van der Waals surface area contributed by atoms with Crippen LogP contribution >= 0.6 is 0 Å². The predicted molar refractivity (Wildman–Crippen MR) is 79.2 cm³/mol. The van der Waals surface area contributed by atoms with Gasteiger partial charge in [-0.25, -0.2) is 0 Å². The maximum Gasteiger partial charge on any atom is 0.169 e. The van der Waals surface area contributed by atoms with Crippen molar-refractivity contribution in [1.82, 2.24) is 10.2 Å². The van der Waals surface area contributed by atoms with E-state index < -0.39 is 0 Å². The molecule has 1 fully saturated rings. The number of hydrogen-bond acceptors (Lipinski definition) is 6. The summed E-state index contributed by atoms with van der Waals surface area (Å²) in [6.45, 7) is 7.53. The molecule has 0 aliphatic carbocycles. The van der Waals surface area contributed by atoms with Crippen LogP contribution in [-0.2, 0) is 9.47 Å². The van der Waals surface area contributed by atoms with Crippen molar-refractivity contribution >= 4 is 5.82 Å². The average molecular weight is 290 g/mol. The largest absolute Gasteiger partial charge is 0.382 e. The van der Waals surface area contributed by atoms with E-state index in [0.717, 1.165) is 37.4 Å². The zero-order chi connectivity index (χ0) is 15.2. The van der Waals surface area contributed by atoms with Crippen LogP contribution in [0, 0.1) is 31.1 Å². The quantitative estimate of drug-likeness (QED) is 0.739. The van der Waals surface area contributed by atoms with Crippen molar-refractivity contribution in [3.05, 3.63) is 16.8 Å². The highest BCUT2D eigenvalue weighted by Crippen LogP contribution is 2.27. The molecule has 0 spiro atoms. The van der Waals surface area contributed by atoms with Gasteiger partial charge in [-0.05, 0) is 25.8 Å². The van der Waals surface area contributed by atoms with Gasteiger partial charge >= 0.3 is 0 Å². The van der Waals surface area contributed by atoms with E-state index in [1.165, 1.54) is 0 Å². The molecule has 1 aromatic rings. The van der Waals surface area contributed by atoms with Crippen molar-refractivity contribution in [1.29, 1.82) is 5.26 Å². The Bertz CT molecular complexity index is 527. The highest BCUT2D eigenvalue weighted by atomic mass is 16.5. The number of aromatic nitrogens is 2. The number of nitrogens with zero attached hydrogens (tertiary/aromatic N) is 4. The molecule has 2 rings (SSSR count). The first-order valence-electron chi connectivity index (χ1n) is 7.23. The first-order valence-corrected chi connectivity index (χ1v) is 7.23. The van der Waals surface area contributed by atoms with Gasteiger partial charge in [0.25, 0.3) is 0 Å². The van der Waals surface area contributed by atoms with Gasteiger partial charge in [0.15, 0.2) is 5.82 Å². The number of nitriles is 1. The summed E-state index contributed by atoms with van der Waals surface area (Å²) in [4.78, 5) is 2.14. The lowest BCUT2D eigenvalue weighted by molar-refractivity contribution is 0.0549. The van der Waals surface area contributed by atoms with Crippen molar-refractivity contribution in [2.45, 2.75) is 20.3 Å². The Morgan fingerprint density at radius 1 is 1.33 bits per heavy atom. The fourth-order valence-electron chi connectivity index (χ4n) is 2.50. The molecule has 0 aromatic carbocycles. The van der Waals surface area contributed by atoms with E-state index in [2.05, 4.69) is 21.2 Å². The minimum absolute atomic E-state index is 0.469. The lowest BCUT2D eigenvalue weighted by atomic mass is 10.1. The summed E-state index contributed by atoms with van der Waals surface area (Å²) < 4.78 is 10.6. The zero-order valence-corrected chi connectivity index (χ0v) is 12.9. The third kappa shape index (κ3) is 3.69. The van der Waals surface area contributed by atoms with Crippen LogP contribution in [0.15, 0.2) is 0 Å². The van der Waals surface area contributed by atoms with Crippen molar-refractivity contribution in [2.75, 3.05) is 44.9 Å². The summed E-state index contributed by atoms with van der Waals surface area (Å²) in [5, 5.41) is 17.7. The Labute approximate surface area is 125 Å². The maximum absolute atomic E-state index is 9.37. The van der Waals surface area contributed by atoms with Gasteiger partial charge in [0.2, 0.25) is 0 Å². The fraction of sp³-hybridized carbons (Fsp3) is 0.667. The Kier molecular flexibility index (Phi) is 5.48. The lowest BCUT2D eigenvalue weighted by Gasteiger charge is -2.19. The fourth-order valence-corrected chi connectivity index (χ4v) is 2.50. The lowest BCUT2D eigenvalue weighted by Crippen LogP contribution is -2.24. The summed E-state index contributed by atoms with van der Waals surface area (Å²) in [7, 11) is 1.67. The molecular formula is C15H22N4O2. The van der Waals surface area contributed by atoms with E-state index in [-0.39, 0.29) is 0 Å². The second-order valence-electron chi connectivity index (χ2n) is 5.39. The SMILES string of the molecule is COCCOCC1CCN(c2nnc(C)c(C)c2C#N)C1. The first kappa shape index (κ1) is 15.7. The molecule has 1 atom stereocenters. The highest BCUT2D eigenvalue weighted by Gasteiger charge is 2.26. The standard InChI is InChI=1S/C15H22N4O2/c1-11-12(2)17-18-15(14(11)8-16)19-5-4-13(9-19)10-21-7-6-20-3/h13H,4-7,9-10H2,1-3H3. The van der Waals surface area contributed by atoms with E-state index in [0.29, 0.717) is 30.5 Å². The smallest absolute Gasteiger partial charge is 0.169 e. The molecule has 114 valence electrons. The monoisotopic (exact) mass is 290 g/mol. The zero-order valence-electron chi connectivity index (χ0n) is 12.9. The molecule has 21 heavy (non-hydrogen) atoms. The van der Waals surface area contributed by atoms with Crippen LogP contribution in [0.2, 0.25) is 0 Å². The molecule has 1 aliphatic rings. The van der Waals surface area contributed by atoms with Gasteiger partial charge in [-0.3, -0.25) is 0 Å². The second-order valence-corrected chi connectivity index (χ2v) is 5.39. The van der Waals surface area contributed by atoms with E-state index in [1.807, 2.05) is 13.8 Å². The molecule has 0 saturated carbocycles. The molecule has 0 radical (unpaired) electrons. The van der Waals surface area contributed by atoms with Crippen LogP contribution in [0.5, 0.6) is 0 Å². The summed E-state index contributed by atoms with van der Waals surface area (Å²) in [6, 6.07) is 2.26. The molecule has 0 amide bonds. The number of hydrogen-bond donors (Lipinski definition) is 0. The molecule has 2 heterocycles. The number of aryl methyl sites for hydroxylation is 1. The van der Waals surface area contributed by atoms with Gasteiger partial charge in [0, 0.05) is 26.1 Å². The van der Waals surface area contributed by atoms with E-state index in [1.54, 1.807) is 7.11 Å². The van der Waals surface area contributed by atoms with E-state index in [9.17, 15) is 5.26 Å². The summed E-state index contributed by atoms with van der Waals surface area (Å²) in [6.07, 6.45) is 1.05. The van der Waals surface area contributed by atoms with Gasteiger partial charge in [-0.2, -0.15) is 10.4 Å². The van der Waals surface area contributed by atoms with Gasteiger partial charge in [-0.15, -0.1) is 5.10 Å². The van der Waals surface area contributed by atoms with Crippen molar-refractivity contribution in [3.63, 3.8) is 0 Å². The topological polar surface area (TPSA) is 71.3 Å². The number of methoxy groups -OCH3 is 1. The van der Waals surface area contributed by atoms with Gasteiger partial charge in [0.1, 0.15) is 11.6 Å². The third-order valence-corrected chi connectivity index (χ3v) is 3.92. The van der Waals surface area contributed by atoms with Crippen LogP contribution in [0.25, 0.3) is 0 Å².